The molecule has 0 aliphatic rings. The van der Waals surface area contributed by atoms with Crippen LogP contribution in [0.3, 0.4) is 0 Å². The van der Waals surface area contributed by atoms with Gasteiger partial charge in [0.25, 0.3) is 0 Å². The molecule has 0 fully saturated rings. The molecule has 4 heteroatoms. The van der Waals surface area contributed by atoms with Crippen LogP contribution in [0.25, 0.3) is 0 Å². The van der Waals surface area contributed by atoms with Gasteiger partial charge in [-0.25, -0.2) is 0 Å². The van der Waals surface area contributed by atoms with E-state index in [2.05, 4.69) is 4.98 Å². The number of hydrogen-bond acceptors (Lipinski definition) is 3. The monoisotopic (exact) mass is 248 g/mol. The van der Waals surface area contributed by atoms with Gasteiger partial charge in [-0.3, -0.25) is 4.98 Å². The lowest BCUT2D eigenvalue weighted by Crippen LogP contribution is -2.04. The SMILES string of the molecule is Nc1ccncc1CC(O)c1cccc(Cl)c1. The molecule has 0 saturated carbocycles. The predicted octanol–water partition coefficient (Wildman–Crippen LogP) is 2.59. The number of pyridine rings is 1. The van der Waals surface area contributed by atoms with Crippen molar-refractivity contribution >= 4 is 17.3 Å². The Balaban J connectivity index is 2.17. The van der Waals surface area contributed by atoms with Crippen LogP contribution in [-0.4, -0.2) is 10.1 Å². The molecule has 0 aliphatic heterocycles. The summed E-state index contributed by atoms with van der Waals surface area (Å²) in [5.41, 5.74) is 8.05. The van der Waals surface area contributed by atoms with Gasteiger partial charge in [0.1, 0.15) is 0 Å². The number of rotatable bonds is 3. The van der Waals surface area contributed by atoms with Crippen molar-refractivity contribution in [1.29, 1.82) is 0 Å². The second-order valence-electron chi connectivity index (χ2n) is 3.85. The van der Waals surface area contributed by atoms with Crippen LogP contribution in [0.5, 0.6) is 0 Å². The number of halogens is 1. The third-order valence-corrected chi connectivity index (χ3v) is 2.82. The van der Waals surface area contributed by atoms with E-state index in [1.165, 1.54) is 0 Å². The summed E-state index contributed by atoms with van der Waals surface area (Å²) in [6, 6.07) is 8.89. The van der Waals surface area contributed by atoms with Gasteiger partial charge in [-0.2, -0.15) is 0 Å². The number of aliphatic hydroxyl groups excluding tert-OH is 1. The molecule has 2 aromatic rings. The number of benzene rings is 1. The first-order chi connectivity index (χ1) is 8.16. The Morgan fingerprint density at radius 2 is 2.18 bits per heavy atom. The van der Waals surface area contributed by atoms with Crippen molar-refractivity contribution in [2.24, 2.45) is 0 Å². The van der Waals surface area contributed by atoms with Gasteiger partial charge < -0.3 is 10.8 Å². The number of nitrogen functional groups attached to an aromatic ring is 1. The minimum Gasteiger partial charge on any atom is -0.398 e. The average Bonchev–Trinajstić information content (AvgIpc) is 2.32. The van der Waals surface area contributed by atoms with Crippen LogP contribution in [0.15, 0.2) is 42.7 Å². The molecule has 3 N–H and O–H groups in total. The summed E-state index contributed by atoms with van der Waals surface area (Å²) >= 11 is 5.88. The molecule has 2 rings (SSSR count). The molecule has 1 aromatic carbocycles. The second-order valence-corrected chi connectivity index (χ2v) is 4.29. The van der Waals surface area contributed by atoms with Crippen molar-refractivity contribution in [3.8, 4) is 0 Å². The van der Waals surface area contributed by atoms with E-state index in [-0.39, 0.29) is 0 Å². The fraction of sp³-hybridized carbons (Fsp3) is 0.154. The fourth-order valence-electron chi connectivity index (χ4n) is 1.65. The zero-order valence-electron chi connectivity index (χ0n) is 9.18. The zero-order chi connectivity index (χ0) is 12.3. The smallest absolute Gasteiger partial charge is 0.0832 e. The number of aliphatic hydroxyl groups is 1. The lowest BCUT2D eigenvalue weighted by atomic mass is 10.0. The van der Waals surface area contributed by atoms with Gasteiger partial charge in [-0.1, -0.05) is 23.7 Å². The molecule has 0 amide bonds. The first-order valence-corrected chi connectivity index (χ1v) is 5.66. The van der Waals surface area contributed by atoms with E-state index < -0.39 is 6.10 Å². The summed E-state index contributed by atoms with van der Waals surface area (Å²) in [6.07, 6.45) is 3.11. The summed E-state index contributed by atoms with van der Waals surface area (Å²) < 4.78 is 0. The van der Waals surface area contributed by atoms with Crippen LogP contribution in [0.2, 0.25) is 5.02 Å². The van der Waals surface area contributed by atoms with Crippen LogP contribution in [0, 0.1) is 0 Å². The van der Waals surface area contributed by atoms with Crippen molar-refractivity contribution < 1.29 is 5.11 Å². The molecule has 1 unspecified atom stereocenters. The Labute approximate surface area is 105 Å². The van der Waals surface area contributed by atoms with Gasteiger partial charge in [0.15, 0.2) is 0 Å². The van der Waals surface area contributed by atoms with Gasteiger partial charge in [-0.15, -0.1) is 0 Å². The highest BCUT2D eigenvalue weighted by Crippen LogP contribution is 2.23. The number of aromatic nitrogens is 1. The highest BCUT2D eigenvalue weighted by Gasteiger charge is 2.10. The minimum atomic E-state index is -0.625. The van der Waals surface area contributed by atoms with Gasteiger partial charge in [0.05, 0.1) is 6.10 Å². The van der Waals surface area contributed by atoms with Crippen molar-refractivity contribution in [3.05, 3.63) is 58.9 Å². The first kappa shape index (κ1) is 11.9. The maximum atomic E-state index is 10.1. The first-order valence-electron chi connectivity index (χ1n) is 5.28. The number of nitrogens with two attached hydrogens (primary N) is 1. The summed E-state index contributed by atoms with van der Waals surface area (Å²) in [6.45, 7) is 0. The van der Waals surface area contributed by atoms with Crippen LogP contribution in [0.1, 0.15) is 17.2 Å². The second kappa shape index (κ2) is 5.17. The Kier molecular flexibility index (Phi) is 3.61. The van der Waals surface area contributed by atoms with Crippen LogP contribution in [-0.2, 0) is 6.42 Å². The molecule has 0 saturated heterocycles. The van der Waals surface area contributed by atoms with E-state index >= 15 is 0 Å². The van der Waals surface area contributed by atoms with E-state index in [1.807, 2.05) is 12.1 Å². The fourth-order valence-corrected chi connectivity index (χ4v) is 1.85. The van der Waals surface area contributed by atoms with Gasteiger partial charge in [-0.05, 0) is 29.3 Å². The summed E-state index contributed by atoms with van der Waals surface area (Å²) in [5, 5.41) is 10.7. The van der Waals surface area contributed by atoms with Gasteiger partial charge in [0, 0.05) is 29.5 Å². The van der Waals surface area contributed by atoms with E-state index in [0.717, 1.165) is 11.1 Å². The predicted molar refractivity (Wildman–Crippen MR) is 68.8 cm³/mol. The van der Waals surface area contributed by atoms with Gasteiger partial charge >= 0.3 is 0 Å². The molecular formula is C13H13ClN2O. The Morgan fingerprint density at radius 3 is 2.88 bits per heavy atom. The molecule has 0 bridgehead atoms. The van der Waals surface area contributed by atoms with Crippen LogP contribution < -0.4 is 5.73 Å². The van der Waals surface area contributed by atoms with E-state index in [0.29, 0.717) is 17.1 Å². The standard InChI is InChI=1S/C13H13ClN2O/c14-11-3-1-2-9(6-11)13(17)7-10-8-16-5-4-12(10)15/h1-6,8,13,17H,7H2,(H2,15,16). The number of hydrogen-bond donors (Lipinski definition) is 2. The molecule has 0 spiro atoms. The van der Waals surface area contributed by atoms with Gasteiger partial charge in [0.2, 0.25) is 0 Å². The van der Waals surface area contributed by atoms with Crippen molar-refractivity contribution in [3.63, 3.8) is 0 Å². The maximum Gasteiger partial charge on any atom is 0.0832 e. The molecule has 3 nitrogen and oxygen atoms in total. The molecule has 1 aromatic heterocycles. The molecule has 1 heterocycles. The number of anilines is 1. The van der Waals surface area contributed by atoms with E-state index in [4.69, 9.17) is 17.3 Å². The largest absolute Gasteiger partial charge is 0.398 e. The Bertz CT molecular complexity index is 516. The third-order valence-electron chi connectivity index (χ3n) is 2.59. The summed E-state index contributed by atoms with van der Waals surface area (Å²) in [4.78, 5) is 3.99. The number of nitrogens with zero attached hydrogens (tertiary/aromatic N) is 1. The highest BCUT2D eigenvalue weighted by atomic mass is 35.5. The molecule has 17 heavy (non-hydrogen) atoms. The lowest BCUT2D eigenvalue weighted by molar-refractivity contribution is 0.178. The molecule has 0 radical (unpaired) electrons. The minimum absolute atomic E-state index is 0.431. The topological polar surface area (TPSA) is 59.1 Å². The molecule has 1 atom stereocenters. The van der Waals surface area contributed by atoms with Crippen LogP contribution >= 0.6 is 11.6 Å². The maximum absolute atomic E-state index is 10.1. The Hall–Kier alpha value is -1.58. The molecule has 88 valence electrons. The molecule has 0 aliphatic carbocycles. The normalized spacial score (nSPS) is 12.4. The average molecular weight is 249 g/mol. The lowest BCUT2D eigenvalue weighted by Gasteiger charge is -2.12. The highest BCUT2D eigenvalue weighted by molar-refractivity contribution is 6.30. The summed E-state index contributed by atoms with van der Waals surface area (Å²) in [5.74, 6) is 0. The zero-order valence-corrected chi connectivity index (χ0v) is 9.93. The molecular weight excluding hydrogens is 236 g/mol. The van der Waals surface area contributed by atoms with Crippen molar-refractivity contribution in [1.82, 2.24) is 4.98 Å². The van der Waals surface area contributed by atoms with Crippen LogP contribution in [0.4, 0.5) is 5.69 Å². The van der Waals surface area contributed by atoms with E-state index in [1.54, 1.807) is 30.6 Å². The van der Waals surface area contributed by atoms with Crippen molar-refractivity contribution in [2.75, 3.05) is 5.73 Å². The Morgan fingerprint density at radius 1 is 1.35 bits per heavy atom. The van der Waals surface area contributed by atoms with Crippen molar-refractivity contribution in [2.45, 2.75) is 12.5 Å². The van der Waals surface area contributed by atoms with E-state index in [9.17, 15) is 5.11 Å². The summed E-state index contributed by atoms with van der Waals surface area (Å²) in [7, 11) is 0. The third kappa shape index (κ3) is 2.96. The quantitative estimate of drug-likeness (QED) is 0.878.